The minimum absolute atomic E-state index is 0.142. The fourth-order valence-electron chi connectivity index (χ4n) is 3.17. The molecule has 1 heterocycles. The lowest BCUT2D eigenvalue weighted by Crippen LogP contribution is -2.35. The Morgan fingerprint density at radius 3 is 2.39 bits per heavy atom. The Morgan fingerprint density at radius 2 is 1.79 bits per heavy atom. The lowest BCUT2D eigenvalue weighted by molar-refractivity contribution is -0.123. The number of pyridine rings is 1. The molecule has 0 aliphatic heterocycles. The van der Waals surface area contributed by atoms with E-state index in [-0.39, 0.29) is 29.0 Å². The number of aromatic nitrogens is 1. The van der Waals surface area contributed by atoms with Gasteiger partial charge in [-0.25, -0.2) is 8.42 Å². The lowest BCUT2D eigenvalue weighted by Gasteiger charge is -2.19. The predicted molar refractivity (Wildman–Crippen MR) is 130 cm³/mol. The van der Waals surface area contributed by atoms with E-state index in [0.717, 1.165) is 5.56 Å². The molecule has 3 aromatic rings. The summed E-state index contributed by atoms with van der Waals surface area (Å²) in [5, 5.41) is 2.35. The fourth-order valence-corrected chi connectivity index (χ4v) is 5.28. The molecule has 0 aliphatic rings. The first kappa shape index (κ1) is 25.0. The molecule has 0 saturated heterocycles. The van der Waals surface area contributed by atoms with Crippen molar-refractivity contribution in [2.45, 2.75) is 29.9 Å². The number of carbonyl (C=O) groups excluding carboxylic acids is 1. The first-order valence-electron chi connectivity index (χ1n) is 10.3. The Hall–Kier alpha value is -2.61. The number of carbonyl (C=O) groups is 1. The summed E-state index contributed by atoms with van der Waals surface area (Å²) in [5.41, 5.74) is 1.52. The van der Waals surface area contributed by atoms with Gasteiger partial charge in [0, 0.05) is 24.0 Å². The van der Waals surface area contributed by atoms with E-state index in [1.54, 1.807) is 54.7 Å². The van der Waals surface area contributed by atoms with Crippen LogP contribution in [0.4, 0.5) is 0 Å². The van der Waals surface area contributed by atoms with Crippen LogP contribution >= 0.6 is 23.2 Å². The van der Waals surface area contributed by atoms with Gasteiger partial charge in [0.25, 0.3) is 5.91 Å². The van der Waals surface area contributed by atoms with Gasteiger partial charge in [-0.3, -0.25) is 9.78 Å². The largest absolute Gasteiger partial charge is 0.482 e. The molecule has 6 nitrogen and oxygen atoms in total. The Kier molecular flexibility index (Phi) is 8.35. The van der Waals surface area contributed by atoms with Crippen LogP contribution in [-0.4, -0.2) is 32.5 Å². The molecule has 0 aliphatic carbocycles. The average Bonchev–Trinajstić information content (AvgIpc) is 2.79. The summed E-state index contributed by atoms with van der Waals surface area (Å²) in [6.07, 6.45) is 3.05. The van der Waals surface area contributed by atoms with Gasteiger partial charge >= 0.3 is 0 Å². The van der Waals surface area contributed by atoms with Gasteiger partial charge in [0.1, 0.15) is 11.0 Å². The highest BCUT2D eigenvalue weighted by molar-refractivity contribution is 7.91. The number of amides is 1. The van der Waals surface area contributed by atoms with Gasteiger partial charge in [-0.2, -0.15) is 0 Å². The van der Waals surface area contributed by atoms with Crippen molar-refractivity contribution in [1.29, 1.82) is 0 Å². The molecule has 1 amide bonds. The van der Waals surface area contributed by atoms with E-state index in [2.05, 4.69) is 10.3 Å². The molecular formula is C24H24Cl2N2O4S. The molecule has 1 N–H and O–H groups in total. The van der Waals surface area contributed by atoms with Crippen LogP contribution < -0.4 is 10.1 Å². The number of hydrogen-bond acceptors (Lipinski definition) is 5. The number of ether oxygens (including phenoxy) is 1. The molecule has 0 saturated carbocycles. The molecule has 9 heteroatoms. The summed E-state index contributed by atoms with van der Waals surface area (Å²) in [7, 11) is -3.80. The van der Waals surface area contributed by atoms with E-state index in [9.17, 15) is 13.2 Å². The zero-order valence-corrected chi connectivity index (χ0v) is 20.5. The summed E-state index contributed by atoms with van der Waals surface area (Å²) < 4.78 is 32.3. The second kappa shape index (κ2) is 11.0. The maximum Gasteiger partial charge on any atom is 0.257 e. The Balaban J connectivity index is 1.75. The highest BCUT2D eigenvalue weighted by Gasteiger charge is 2.30. The van der Waals surface area contributed by atoms with Crippen LogP contribution in [0.5, 0.6) is 5.75 Å². The average molecular weight is 507 g/mol. The van der Waals surface area contributed by atoms with Gasteiger partial charge in [0.05, 0.1) is 9.92 Å². The number of hydrogen-bond donors (Lipinski definition) is 1. The van der Waals surface area contributed by atoms with Gasteiger partial charge in [0.15, 0.2) is 16.4 Å². The van der Waals surface area contributed by atoms with Crippen molar-refractivity contribution in [1.82, 2.24) is 10.3 Å². The van der Waals surface area contributed by atoms with Crippen molar-refractivity contribution >= 4 is 38.9 Å². The van der Waals surface area contributed by atoms with E-state index < -0.39 is 21.0 Å². The quantitative estimate of drug-likeness (QED) is 0.429. The number of sulfone groups is 1. The third kappa shape index (κ3) is 6.47. The van der Waals surface area contributed by atoms with Crippen LogP contribution in [0.2, 0.25) is 10.0 Å². The third-order valence-corrected chi connectivity index (χ3v) is 7.69. The molecule has 1 atom stereocenters. The van der Waals surface area contributed by atoms with Gasteiger partial charge in [-0.15, -0.1) is 0 Å². The van der Waals surface area contributed by atoms with Gasteiger partial charge in [0.2, 0.25) is 0 Å². The molecule has 0 bridgehead atoms. The van der Waals surface area contributed by atoms with Gasteiger partial charge in [-0.1, -0.05) is 55.2 Å². The van der Waals surface area contributed by atoms with Gasteiger partial charge < -0.3 is 10.1 Å². The first-order valence-corrected chi connectivity index (χ1v) is 12.6. The predicted octanol–water partition coefficient (Wildman–Crippen LogP) is 5.22. The van der Waals surface area contributed by atoms with Gasteiger partial charge in [-0.05, 0) is 53.4 Å². The molecule has 33 heavy (non-hydrogen) atoms. The number of rotatable bonds is 9. The highest BCUT2D eigenvalue weighted by Crippen LogP contribution is 2.30. The number of nitrogens with zero attached hydrogens (tertiary/aromatic N) is 1. The van der Waals surface area contributed by atoms with Crippen molar-refractivity contribution in [2.24, 2.45) is 0 Å². The van der Waals surface area contributed by atoms with E-state index in [0.29, 0.717) is 16.3 Å². The summed E-state index contributed by atoms with van der Waals surface area (Å²) in [6, 6.07) is 14.8. The summed E-state index contributed by atoms with van der Waals surface area (Å²) in [4.78, 5) is 16.6. The Bertz CT molecular complexity index is 1200. The van der Waals surface area contributed by atoms with Crippen molar-refractivity contribution in [2.75, 3.05) is 13.2 Å². The zero-order chi connectivity index (χ0) is 24.0. The monoisotopic (exact) mass is 506 g/mol. The van der Waals surface area contributed by atoms with E-state index in [1.165, 1.54) is 12.3 Å². The number of nitrogens with one attached hydrogen (secondary N) is 1. The van der Waals surface area contributed by atoms with Crippen LogP contribution in [-0.2, 0) is 14.6 Å². The number of benzene rings is 2. The lowest BCUT2D eigenvalue weighted by atomic mass is 10.0. The van der Waals surface area contributed by atoms with Crippen LogP contribution in [0.1, 0.15) is 36.1 Å². The first-order chi connectivity index (χ1) is 15.7. The standard InChI is InChI=1S/C24H24Cl2N2O4S/c1-16(2)17-5-8-20(9-6-17)33(30,31)23(18-4-3-11-27-13-18)14-28-24(29)15-32-22-10-7-19(25)12-21(22)26/h3-13,16,23H,14-15H2,1-2H3,(H,28,29). The van der Waals surface area contributed by atoms with Crippen LogP contribution in [0.25, 0.3) is 0 Å². The molecular weight excluding hydrogens is 483 g/mol. The highest BCUT2D eigenvalue weighted by atomic mass is 35.5. The summed E-state index contributed by atoms with van der Waals surface area (Å²) in [5.74, 6) is 0.0995. The molecule has 0 fully saturated rings. The Morgan fingerprint density at radius 1 is 1.06 bits per heavy atom. The maximum atomic E-state index is 13.4. The topological polar surface area (TPSA) is 85.4 Å². The molecule has 1 unspecified atom stereocenters. The van der Waals surface area contributed by atoms with E-state index in [4.69, 9.17) is 27.9 Å². The molecule has 0 spiro atoms. The van der Waals surface area contributed by atoms with Crippen molar-refractivity contribution < 1.29 is 17.9 Å². The fraction of sp³-hybridized carbons (Fsp3) is 0.250. The number of halogens is 2. The smallest absolute Gasteiger partial charge is 0.257 e. The van der Waals surface area contributed by atoms with E-state index in [1.807, 2.05) is 13.8 Å². The normalized spacial score (nSPS) is 12.4. The third-order valence-electron chi connectivity index (χ3n) is 5.04. The maximum absolute atomic E-state index is 13.4. The minimum atomic E-state index is -3.80. The summed E-state index contributed by atoms with van der Waals surface area (Å²) >= 11 is 11.9. The van der Waals surface area contributed by atoms with Crippen LogP contribution in [0, 0.1) is 0 Å². The molecule has 174 valence electrons. The second-order valence-corrected chi connectivity index (χ2v) is 10.7. The van der Waals surface area contributed by atoms with Crippen molar-refractivity contribution in [3.63, 3.8) is 0 Å². The second-order valence-electron chi connectivity index (χ2n) is 7.71. The molecule has 2 aromatic carbocycles. The van der Waals surface area contributed by atoms with Crippen LogP contribution in [0.3, 0.4) is 0 Å². The molecule has 1 aromatic heterocycles. The van der Waals surface area contributed by atoms with E-state index >= 15 is 0 Å². The molecule has 0 radical (unpaired) electrons. The molecule has 3 rings (SSSR count). The van der Waals surface area contributed by atoms with Crippen molar-refractivity contribution in [3.8, 4) is 5.75 Å². The summed E-state index contributed by atoms with van der Waals surface area (Å²) in [6.45, 7) is 3.61. The zero-order valence-electron chi connectivity index (χ0n) is 18.2. The Labute approximate surface area is 203 Å². The van der Waals surface area contributed by atoms with Crippen molar-refractivity contribution in [3.05, 3.63) is 88.2 Å². The van der Waals surface area contributed by atoms with Crippen LogP contribution in [0.15, 0.2) is 71.9 Å². The SMILES string of the molecule is CC(C)c1ccc(S(=O)(=O)C(CNC(=O)COc2ccc(Cl)cc2Cl)c2cccnc2)cc1. The minimum Gasteiger partial charge on any atom is -0.482 e.